The largest absolute Gasteiger partial charge is 0.368 e. The van der Waals surface area contributed by atoms with Gasteiger partial charge in [-0.25, -0.2) is 9.67 Å². The molecule has 1 aliphatic rings. The number of ether oxygens (including phenoxy) is 1. The molecule has 1 atom stereocenters. The van der Waals surface area contributed by atoms with Crippen LogP contribution < -0.4 is 0 Å². The summed E-state index contributed by atoms with van der Waals surface area (Å²) in [5.41, 5.74) is 3.09. The minimum absolute atomic E-state index is 0.0958. The van der Waals surface area contributed by atoms with Gasteiger partial charge < -0.3 is 9.64 Å². The molecule has 0 bridgehead atoms. The average molecular weight is 440 g/mol. The smallest absolute Gasteiger partial charge is 0.224 e. The number of hydrogen-bond acceptors (Lipinski definition) is 5. The molecule has 162 valence electrons. The van der Waals surface area contributed by atoms with E-state index in [1.165, 1.54) is 0 Å². The molecule has 3 aromatic rings. The van der Waals surface area contributed by atoms with E-state index in [1.807, 2.05) is 49.2 Å². The van der Waals surface area contributed by atoms with Crippen LogP contribution >= 0.6 is 11.6 Å². The number of aromatic nitrogens is 4. The van der Waals surface area contributed by atoms with E-state index >= 15 is 0 Å². The summed E-state index contributed by atoms with van der Waals surface area (Å²) in [7, 11) is 0. The minimum atomic E-state index is -0.215. The van der Waals surface area contributed by atoms with Crippen LogP contribution in [0.15, 0.2) is 42.6 Å². The number of carbonyl (C=O) groups is 1. The lowest BCUT2D eigenvalue weighted by Gasteiger charge is -2.32. The van der Waals surface area contributed by atoms with Gasteiger partial charge in [0.25, 0.3) is 0 Å². The topological polar surface area (TPSA) is 73.1 Å². The number of carbonyl (C=O) groups excluding carboxylic acids is 1. The average Bonchev–Trinajstić information content (AvgIpc) is 3.09. The zero-order valence-electron chi connectivity index (χ0n) is 17.8. The second-order valence-corrected chi connectivity index (χ2v) is 8.21. The van der Waals surface area contributed by atoms with Gasteiger partial charge in [0, 0.05) is 24.2 Å². The quantitative estimate of drug-likeness (QED) is 0.587. The van der Waals surface area contributed by atoms with Crippen molar-refractivity contribution in [1.29, 1.82) is 0 Å². The van der Waals surface area contributed by atoms with Gasteiger partial charge in [-0.3, -0.25) is 9.78 Å². The van der Waals surface area contributed by atoms with Crippen molar-refractivity contribution in [3.05, 3.63) is 76.1 Å². The molecule has 0 aliphatic carbocycles. The number of halogens is 1. The van der Waals surface area contributed by atoms with Crippen LogP contribution in [0.5, 0.6) is 0 Å². The van der Waals surface area contributed by atoms with Gasteiger partial charge in [0.05, 0.1) is 25.4 Å². The number of nitrogens with zero attached hydrogens (tertiary/aromatic N) is 5. The van der Waals surface area contributed by atoms with E-state index in [0.717, 1.165) is 39.9 Å². The van der Waals surface area contributed by atoms with E-state index in [9.17, 15) is 4.79 Å². The first-order valence-corrected chi connectivity index (χ1v) is 10.8. The maximum Gasteiger partial charge on any atom is 0.224 e. The fourth-order valence-electron chi connectivity index (χ4n) is 3.80. The van der Waals surface area contributed by atoms with E-state index in [-0.39, 0.29) is 12.0 Å². The molecule has 1 aliphatic heterocycles. The molecule has 1 fully saturated rings. The van der Waals surface area contributed by atoms with Crippen molar-refractivity contribution in [2.45, 2.75) is 39.3 Å². The van der Waals surface area contributed by atoms with Crippen molar-refractivity contribution in [1.82, 2.24) is 24.6 Å². The summed E-state index contributed by atoms with van der Waals surface area (Å²) < 4.78 is 7.69. The normalized spacial score (nSPS) is 16.5. The summed E-state index contributed by atoms with van der Waals surface area (Å²) in [5, 5.41) is 5.06. The third-order valence-electron chi connectivity index (χ3n) is 5.39. The fourth-order valence-corrected chi connectivity index (χ4v) is 4.01. The summed E-state index contributed by atoms with van der Waals surface area (Å²) >= 11 is 6.07. The number of rotatable bonds is 6. The van der Waals surface area contributed by atoms with Crippen LogP contribution in [0.2, 0.25) is 5.02 Å². The predicted molar refractivity (Wildman–Crippen MR) is 118 cm³/mol. The molecule has 4 rings (SSSR count). The Bertz CT molecular complexity index is 1050. The number of amides is 1. The first kappa shape index (κ1) is 21.5. The van der Waals surface area contributed by atoms with E-state index in [1.54, 1.807) is 4.68 Å². The van der Waals surface area contributed by atoms with Crippen LogP contribution in [0.1, 0.15) is 41.0 Å². The van der Waals surface area contributed by atoms with Gasteiger partial charge in [-0.2, -0.15) is 5.10 Å². The Labute approximate surface area is 187 Å². The van der Waals surface area contributed by atoms with Crippen molar-refractivity contribution in [3.63, 3.8) is 0 Å². The second kappa shape index (κ2) is 9.58. The molecule has 0 unspecified atom stereocenters. The third-order valence-corrected chi connectivity index (χ3v) is 5.63. The minimum Gasteiger partial charge on any atom is -0.368 e. The summed E-state index contributed by atoms with van der Waals surface area (Å²) in [6.45, 7) is 5.89. The van der Waals surface area contributed by atoms with Gasteiger partial charge in [0.1, 0.15) is 17.8 Å². The predicted octanol–water partition coefficient (Wildman–Crippen LogP) is 3.52. The lowest BCUT2D eigenvalue weighted by atomic mass is 10.1. The molecule has 2 aromatic heterocycles. The summed E-state index contributed by atoms with van der Waals surface area (Å²) in [5.74, 6) is 1.65. The van der Waals surface area contributed by atoms with Gasteiger partial charge in [0.15, 0.2) is 0 Å². The maximum atomic E-state index is 12.7. The number of benzene rings is 1. The SMILES string of the molecule is Cc1nc(C)n(CCC(=O)N2CCO[C@H](c3ccc(Cc4cccc(Cl)c4)cn3)C2)n1. The summed E-state index contributed by atoms with van der Waals surface area (Å²) in [6.07, 6.45) is 2.82. The highest BCUT2D eigenvalue weighted by molar-refractivity contribution is 6.30. The Morgan fingerprint density at radius 3 is 2.81 bits per heavy atom. The van der Waals surface area contributed by atoms with Gasteiger partial charge in [0.2, 0.25) is 5.91 Å². The zero-order chi connectivity index (χ0) is 21.8. The van der Waals surface area contributed by atoms with E-state index in [0.29, 0.717) is 32.7 Å². The molecule has 0 spiro atoms. The Morgan fingerprint density at radius 2 is 2.10 bits per heavy atom. The Balaban J connectivity index is 1.34. The zero-order valence-corrected chi connectivity index (χ0v) is 18.5. The lowest BCUT2D eigenvalue weighted by Crippen LogP contribution is -2.42. The van der Waals surface area contributed by atoms with E-state index in [4.69, 9.17) is 16.3 Å². The molecule has 0 saturated carbocycles. The monoisotopic (exact) mass is 439 g/mol. The standard InChI is InChI=1S/C23H26ClN5O2/c1-16-26-17(2)29(27-16)9-8-23(30)28-10-11-31-22(15-28)21-7-6-19(14-25-21)12-18-4-3-5-20(24)13-18/h3-7,13-14,22H,8-12,15H2,1-2H3/t22-/m0/s1. The van der Waals surface area contributed by atoms with Crippen LogP contribution in [-0.4, -0.2) is 50.3 Å². The number of aryl methyl sites for hydroxylation is 3. The van der Waals surface area contributed by atoms with Crippen LogP contribution in [0.25, 0.3) is 0 Å². The third kappa shape index (κ3) is 5.48. The molecule has 0 radical (unpaired) electrons. The van der Waals surface area contributed by atoms with Crippen molar-refractivity contribution >= 4 is 17.5 Å². The number of morpholine rings is 1. The molecular formula is C23H26ClN5O2. The Kier molecular flexibility index (Phi) is 6.63. The van der Waals surface area contributed by atoms with Gasteiger partial charge in [-0.05, 0) is 49.6 Å². The van der Waals surface area contributed by atoms with E-state index in [2.05, 4.69) is 27.2 Å². The first-order chi connectivity index (χ1) is 15.0. The van der Waals surface area contributed by atoms with Crippen LogP contribution in [0, 0.1) is 13.8 Å². The van der Waals surface area contributed by atoms with Crippen LogP contribution in [0.3, 0.4) is 0 Å². The van der Waals surface area contributed by atoms with Crippen molar-refractivity contribution < 1.29 is 9.53 Å². The highest BCUT2D eigenvalue weighted by atomic mass is 35.5. The molecule has 3 heterocycles. The van der Waals surface area contributed by atoms with Crippen molar-refractivity contribution in [2.75, 3.05) is 19.7 Å². The van der Waals surface area contributed by atoms with Crippen molar-refractivity contribution in [3.8, 4) is 0 Å². The molecule has 31 heavy (non-hydrogen) atoms. The van der Waals surface area contributed by atoms with Crippen LogP contribution in [0.4, 0.5) is 0 Å². The maximum absolute atomic E-state index is 12.7. The van der Waals surface area contributed by atoms with Gasteiger partial charge in [-0.1, -0.05) is 29.8 Å². The molecule has 1 amide bonds. The fraction of sp³-hybridized carbons (Fsp3) is 0.391. The van der Waals surface area contributed by atoms with Crippen LogP contribution in [-0.2, 0) is 22.5 Å². The number of pyridine rings is 1. The van der Waals surface area contributed by atoms with E-state index < -0.39 is 0 Å². The molecule has 0 N–H and O–H groups in total. The molecule has 8 heteroatoms. The highest BCUT2D eigenvalue weighted by Crippen LogP contribution is 2.22. The molecular weight excluding hydrogens is 414 g/mol. The summed E-state index contributed by atoms with van der Waals surface area (Å²) in [6, 6.07) is 11.9. The Hall–Kier alpha value is -2.77. The van der Waals surface area contributed by atoms with Crippen molar-refractivity contribution in [2.24, 2.45) is 0 Å². The molecule has 7 nitrogen and oxygen atoms in total. The molecule has 1 aromatic carbocycles. The van der Waals surface area contributed by atoms with Gasteiger partial charge in [-0.15, -0.1) is 0 Å². The Morgan fingerprint density at radius 1 is 1.23 bits per heavy atom. The lowest BCUT2D eigenvalue weighted by molar-refractivity contribution is -0.139. The number of hydrogen-bond donors (Lipinski definition) is 0. The molecule has 1 saturated heterocycles. The first-order valence-electron chi connectivity index (χ1n) is 10.4. The second-order valence-electron chi connectivity index (χ2n) is 7.78. The summed E-state index contributed by atoms with van der Waals surface area (Å²) in [4.78, 5) is 23.5. The van der Waals surface area contributed by atoms with Gasteiger partial charge >= 0.3 is 0 Å². The highest BCUT2D eigenvalue weighted by Gasteiger charge is 2.26.